The van der Waals surface area contributed by atoms with Crippen molar-refractivity contribution in [3.05, 3.63) is 35.9 Å². The highest BCUT2D eigenvalue weighted by atomic mass is 32.2. The van der Waals surface area contributed by atoms with E-state index in [1.807, 2.05) is 30.3 Å². The third-order valence-corrected chi connectivity index (χ3v) is 6.04. The first-order chi connectivity index (χ1) is 11.0. The van der Waals surface area contributed by atoms with Gasteiger partial charge in [-0.15, -0.1) is 0 Å². The zero-order valence-electron chi connectivity index (χ0n) is 13.5. The molecule has 0 bridgehead atoms. The maximum absolute atomic E-state index is 12.0. The molecule has 2 atom stereocenters. The summed E-state index contributed by atoms with van der Waals surface area (Å²) in [6.45, 7) is 4.70. The molecule has 6 nitrogen and oxygen atoms in total. The van der Waals surface area contributed by atoms with Crippen LogP contribution < -0.4 is 4.72 Å². The molecule has 0 amide bonds. The Morgan fingerprint density at radius 3 is 2.57 bits per heavy atom. The van der Waals surface area contributed by atoms with E-state index >= 15 is 0 Å². The highest BCUT2D eigenvalue weighted by molar-refractivity contribution is 7.89. The van der Waals surface area contributed by atoms with Crippen LogP contribution in [-0.2, 0) is 21.4 Å². The van der Waals surface area contributed by atoms with E-state index in [1.54, 1.807) is 0 Å². The van der Waals surface area contributed by atoms with E-state index in [4.69, 9.17) is 4.74 Å². The van der Waals surface area contributed by atoms with Gasteiger partial charge in [0.15, 0.2) is 0 Å². The van der Waals surface area contributed by atoms with Gasteiger partial charge in [0.2, 0.25) is 10.0 Å². The van der Waals surface area contributed by atoms with Crippen LogP contribution in [0.4, 0.5) is 0 Å². The van der Waals surface area contributed by atoms with Gasteiger partial charge in [0.05, 0.1) is 25.0 Å². The minimum absolute atomic E-state index is 0.00414. The Kier molecular flexibility index (Phi) is 5.33. The molecule has 2 saturated heterocycles. The normalized spacial score (nSPS) is 28.9. The third-order valence-electron chi connectivity index (χ3n) is 4.60. The molecule has 0 aromatic heterocycles. The molecule has 2 heterocycles. The van der Waals surface area contributed by atoms with Gasteiger partial charge in [-0.05, 0) is 12.6 Å². The van der Waals surface area contributed by atoms with E-state index < -0.39 is 10.0 Å². The number of piperazine rings is 1. The summed E-state index contributed by atoms with van der Waals surface area (Å²) in [7, 11) is -1.09. The van der Waals surface area contributed by atoms with Crippen LogP contribution in [0.1, 0.15) is 5.56 Å². The zero-order valence-corrected chi connectivity index (χ0v) is 14.3. The molecule has 1 aromatic rings. The van der Waals surface area contributed by atoms with Gasteiger partial charge in [-0.25, -0.2) is 13.1 Å². The van der Waals surface area contributed by atoms with Crippen molar-refractivity contribution in [3.8, 4) is 0 Å². The predicted octanol–water partition coefficient (Wildman–Crippen LogP) is 0.121. The Bertz CT molecular complexity index is 600. The number of hydrogen-bond acceptors (Lipinski definition) is 5. The fraction of sp³-hybridized carbons (Fsp3) is 0.625. The molecule has 0 saturated carbocycles. The molecular formula is C16H25N3O3S. The van der Waals surface area contributed by atoms with E-state index in [0.717, 1.165) is 31.7 Å². The van der Waals surface area contributed by atoms with Crippen LogP contribution in [0.3, 0.4) is 0 Å². The van der Waals surface area contributed by atoms with E-state index in [1.165, 1.54) is 0 Å². The largest absolute Gasteiger partial charge is 0.375 e. The van der Waals surface area contributed by atoms with Gasteiger partial charge >= 0.3 is 0 Å². The number of sulfonamides is 1. The lowest BCUT2D eigenvalue weighted by atomic mass is 10.1. The standard InChI is InChI=1S/C16H25N3O3S/c1-18-7-9-19(10-8-18)16-13-23(20,21)17-15(16)12-22-11-14-5-3-2-4-6-14/h2-6,15-17H,7-13H2,1H3/t15-,16+/m0/s1. The van der Waals surface area contributed by atoms with Crippen LogP contribution in [0, 0.1) is 0 Å². The smallest absolute Gasteiger partial charge is 0.213 e. The summed E-state index contributed by atoms with van der Waals surface area (Å²) < 4.78 is 32.5. The van der Waals surface area contributed by atoms with Crippen LogP contribution in [-0.4, -0.2) is 75.9 Å². The Hall–Kier alpha value is -0.990. The molecule has 23 heavy (non-hydrogen) atoms. The number of hydrogen-bond donors (Lipinski definition) is 1. The molecule has 0 aliphatic carbocycles. The van der Waals surface area contributed by atoms with Crippen LogP contribution in [0.25, 0.3) is 0 Å². The minimum Gasteiger partial charge on any atom is -0.375 e. The average molecular weight is 339 g/mol. The first-order valence-electron chi connectivity index (χ1n) is 8.08. The molecule has 1 aromatic carbocycles. The van der Waals surface area contributed by atoms with Crippen molar-refractivity contribution in [2.24, 2.45) is 0 Å². The lowest BCUT2D eigenvalue weighted by Gasteiger charge is -2.37. The summed E-state index contributed by atoms with van der Waals surface area (Å²) >= 11 is 0. The van der Waals surface area contributed by atoms with Gasteiger partial charge < -0.3 is 9.64 Å². The summed E-state index contributed by atoms with van der Waals surface area (Å²) in [6, 6.07) is 9.79. The fourth-order valence-corrected chi connectivity index (χ4v) is 4.91. The van der Waals surface area contributed by atoms with Gasteiger partial charge in [0.1, 0.15) is 0 Å². The summed E-state index contributed by atoms with van der Waals surface area (Å²) in [6.07, 6.45) is 0. The Labute approximate surface area is 138 Å². The molecule has 2 aliphatic rings. The lowest BCUT2D eigenvalue weighted by Crippen LogP contribution is -2.54. The van der Waals surface area contributed by atoms with Crippen molar-refractivity contribution in [2.75, 3.05) is 45.6 Å². The summed E-state index contributed by atoms with van der Waals surface area (Å²) in [5.41, 5.74) is 1.10. The van der Waals surface area contributed by atoms with Crippen LogP contribution in [0.2, 0.25) is 0 Å². The Morgan fingerprint density at radius 1 is 1.17 bits per heavy atom. The van der Waals surface area contributed by atoms with Gasteiger partial charge in [-0.2, -0.15) is 0 Å². The molecule has 0 unspecified atom stereocenters. The molecular weight excluding hydrogens is 314 g/mol. The number of likely N-dealkylation sites (N-methyl/N-ethyl adjacent to an activating group) is 1. The van der Waals surface area contributed by atoms with Gasteiger partial charge in [0.25, 0.3) is 0 Å². The highest BCUT2D eigenvalue weighted by Gasteiger charge is 2.41. The number of ether oxygens (including phenoxy) is 1. The fourth-order valence-electron chi connectivity index (χ4n) is 3.23. The lowest BCUT2D eigenvalue weighted by molar-refractivity contribution is 0.0588. The SMILES string of the molecule is CN1CCN([C@@H]2CS(=O)(=O)N[C@H]2COCc2ccccc2)CC1. The summed E-state index contributed by atoms with van der Waals surface area (Å²) in [5, 5.41) is 0. The van der Waals surface area contributed by atoms with E-state index in [0.29, 0.717) is 13.2 Å². The van der Waals surface area contributed by atoms with E-state index in [9.17, 15) is 8.42 Å². The monoisotopic (exact) mass is 339 g/mol. The van der Waals surface area contributed by atoms with Gasteiger partial charge in [-0.3, -0.25) is 4.90 Å². The van der Waals surface area contributed by atoms with E-state index in [-0.39, 0.29) is 17.8 Å². The second-order valence-corrected chi connectivity index (χ2v) is 8.21. The second-order valence-electron chi connectivity index (χ2n) is 6.41. The first kappa shape index (κ1) is 16.9. The predicted molar refractivity (Wildman–Crippen MR) is 89.7 cm³/mol. The minimum atomic E-state index is -3.19. The Balaban J connectivity index is 1.57. The quantitative estimate of drug-likeness (QED) is 0.826. The molecule has 3 rings (SSSR count). The number of nitrogens with zero attached hydrogens (tertiary/aromatic N) is 2. The molecule has 0 radical (unpaired) electrons. The molecule has 1 N–H and O–H groups in total. The first-order valence-corrected chi connectivity index (χ1v) is 9.73. The molecule has 2 aliphatic heterocycles. The number of nitrogens with one attached hydrogen (secondary N) is 1. The zero-order chi connectivity index (χ0) is 16.3. The summed E-state index contributed by atoms with van der Waals surface area (Å²) in [5.74, 6) is 0.177. The molecule has 0 spiro atoms. The molecule has 2 fully saturated rings. The number of benzene rings is 1. The van der Waals surface area contributed by atoms with Crippen molar-refractivity contribution in [2.45, 2.75) is 18.7 Å². The summed E-state index contributed by atoms with van der Waals surface area (Å²) in [4.78, 5) is 4.56. The maximum Gasteiger partial charge on any atom is 0.213 e. The van der Waals surface area contributed by atoms with Crippen molar-refractivity contribution >= 4 is 10.0 Å². The van der Waals surface area contributed by atoms with E-state index in [2.05, 4.69) is 21.6 Å². The van der Waals surface area contributed by atoms with Crippen molar-refractivity contribution in [1.82, 2.24) is 14.5 Å². The second kappa shape index (κ2) is 7.27. The van der Waals surface area contributed by atoms with Crippen LogP contribution >= 0.6 is 0 Å². The average Bonchev–Trinajstić information content (AvgIpc) is 2.84. The van der Waals surface area contributed by atoms with Crippen molar-refractivity contribution < 1.29 is 13.2 Å². The number of rotatable bonds is 5. The topological polar surface area (TPSA) is 61.9 Å². The third kappa shape index (κ3) is 4.51. The molecule has 128 valence electrons. The molecule has 7 heteroatoms. The van der Waals surface area contributed by atoms with Gasteiger partial charge in [0, 0.05) is 32.2 Å². The Morgan fingerprint density at radius 2 is 1.87 bits per heavy atom. The maximum atomic E-state index is 12.0. The van der Waals surface area contributed by atoms with Crippen molar-refractivity contribution in [3.63, 3.8) is 0 Å². The van der Waals surface area contributed by atoms with Crippen LogP contribution in [0.5, 0.6) is 0 Å². The van der Waals surface area contributed by atoms with Gasteiger partial charge in [-0.1, -0.05) is 30.3 Å². The van der Waals surface area contributed by atoms with Crippen LogP contribution in [0.15, 0.2) is 30.3 Å². The van der Waals surface area contributed by atoms with Crippen molar-refractivity contribution in [1.29, 1.82) is 0 Å². The highest BCUT2D eigenvalue weighted by Crippen LogP contribution is 2.18.